The number of hydrogen-bond acceptors (Lipinski definition) is 3. The van der Waals surface area contributed by atoms with Crippen molar-refractivity contribution in [1.29, 1.82) is 0 Å². The summed E-state index contributed by atoms with van der Waals surface area (Å²) in [6.07, 6.45) is 3.83. The monoisotopic (exact) mass is 249 g/mol. The van der Waals surface area contributed by atoms with Crippen molar-refractivity contribution in [3.8, 4) is 11.8 Å². The lowest BCUT2D eigenvalue weighted by Crippen LogP contribution is -2.32. The minimum Gasteiger partial charge on any atom is -0.442 e. The van der Waals surface area contributed by atoms with Crippen LogP contribution in [-0.2, 0) is 9.53 Å². The molecule has 0 saturated carbocycles. The minimum atomic E-state index is -0.860. The number of carbonyl (C=O) groups excluding carboxylic acids is 1. The van der Waals surface area contributed by atoms with E-state index in [2.05, 4.69) is 23.3 Å². The molecule has 1 heterocycles. The highest BCUT2D eigenvalue weighted by atomic mass is 16.6. The van der Waals surface area contributed by atoms with E-state index in [1.54, 1.807) is 6.92 Å². The fourth-order valence-electron chi connectivity index (χ4n) is 1.94. The summed E-state index contributed by atoms with van der Waals surface area (Å²) in [4.78, 5) is 13.4. The molecular formula is C15H23NO2. The summed E-state index contributed by atoms with van der Waals surface area (Å²) in [6, 6.07) is 0. The Bertz CT molecular complexity index is 372. The summed E-state index contributed by atoms with van der Waals surface area (Å²) in [5.74, 6) is 5.83. The summed E-state index contributed by atoms with van der Waals surface area (Å²) >= 11 is 0. The van der Waals surface area contributed by atoms with Crippen LogP contribution in [0.1, 0.15) is 40.0 Å². The smallest absolute Gasteiger partial charge is 0.304 e. The predicted molar refractivity (Wildman–Crippen MR) is 73.1 cm³/mol. The van der Waals surface area contributed by atoms with Crippen molar-refractivity contribution < 1.29 is 9.53 Å². The average Bonchev–Trinajstić information content (AvgIpc) is 2.29. The molecule has 1 aliphatic heterocycles. The average molecular weight is 249 g/mol. The summed E-state index contributed by atoms with van der Waals surface area (Å²) in [5.41, 5.74) is -0.106. The molecule has 0 spiro atoms. The summed E-state index contributed by atoms with van der Waals surface area (Å²) in [5, 5.41) is 0. The van der Waals surface area contributed by atoms with Gasteiger partial charge in [0.2, 0.25) is 0 Å². The van der Waals surface area contributed by atoms with E-state index in [-0.39, 0.29) is 5.97 Å². The van der Waals surface area contributed by atoms with Crippen LogP contribution in [0.3, 0.4) is 0 Å². The molecule has 3 heteroatoms. The van der Waals surface area contributed by atoms with Crippen LogP contribution < -0.4 is 0 Å². The predicted octanol–water partition coefficient (Wildman–Crippen LogP) is 2.37. The van der Waals surface area contributed by atoms with Gasteiger partial charge in [0, 0.05) is 6.92 Å². The Hall–Kier alpha value is -1.27. The Labute approximate surface area is 110 Å². The van der Waals surface area contributed by atoms with Gasteiger partial charge < -0.3 is 4.74 Å². The number of hydrogen-bond donors (Lipinski definition) is 0. The van der Waals surface area contributed by atoms with Gasteiger partial charge in [-0.1, -0.05) is 18.9 Å². The number of rotatable bonds is 3. The highest BCUT2D eigenvalue weighted by Gasteiger charge is 2.26. The maximum absolute atomic E-state index is 11.1. The Morgan fingerprint density at radius 3 is 2.44 bits per heavy atom. The van der Waals surface area contributed by atoms with E-state index < -0.39 is 5.60 Å². The van der Waals surface area contributed by atoms with Crippen molar-refractivity contribution in [1.82, 2.24) is 4.90 Å². The first-order chi connectivity index (χ1) is 8.44. The molecule has 1 rings (SSSR count). The molecule has 3 nitrogen and oxygen atoms in total. The molecule has 1 unspecified atom stereocenters. The Morgan fingerprint density at radius 2 is 1.94 bits per heavy atom. The van der Waals surface area contributed by atoms with Gasteiger partial charge in [0.15, 0.2) is 5.60 Å². The molecule has 1 atom stereocenters. The maximum atomic E-state index is 11.1. The lowest BCUT2D eigenvalue weighted by atomic mass is 9.99. The van der Waals surface area contributed by atoms with Crippen molar-refractivity contribution in [3.63, 3.8) is 0 Å². The van der Waals surface area contributed by atoms with Crippen LogP contribution in [0.5, 0.6) is 0 Å². The molecule has 0 amide bonds. The van der Waals surface area contributed by atoms with E-state index in [4.69, 9.17) is 4.74 Å². The molecule has 0 bridgehead atoms. The van der Waals surface area contributed by atoms with Crippen LogP contribution in [0, 0.1) is 11.8 Å². The lowest BCUT2D eigenvalue weighted by molar-refractivity contribution is -0.147. The molecule has 0 N–H and O–H groups in total. The largest absolute Gasteiger partial charge is 0.442 e. The third-order valence-electron chi connectivity index (χ3n) is 3.24. The normalized spacial score (nSPS) is 19.3. The van der Waals surface area contributed by atoms with Crippen LogP contribution in [0.2, 0.25) is 0 Å². The first kappa shape index (κ1) is 14.8. The molecule has 0 aromatic carbocycles. The van der Waals surface area contributed by atoms with Gasteiger partial charge in [-0.25, -0.2) is 0 Å². The first-order valence-electron chi connectivity index (χ1n) is 6.52. The van der Waals surface area contributed by atoms with Gasteiger partial charge in [0.05, 0.1) is 6.54 Å². The van der Waals surface area contributed by atoms with Crippen molar-refractivity contribution >= 4 is 5.97 Å². The van der Waals surface area contributed by atoms with E-state index in [0.29, 0.717) is 0 Å². The van der Waals surface area contributed by atoms with Crippen molar-refractivity contribution in [3.05, 3.63) is 12.2 Å². The van der Waals surface area contributed by atoms with Crippen LogP contribution in [-0.4, -0.2) is 36.1 Å². The fraction of sp³-hybridized carbons (Fsp3) is 0.667. The highest BCUT2D eigenvalue weighted by molar-refractivity contribution is 5.67. The standard InChI is InChI=1S/C15H23NO2/c1-13(2)15(4,18-14(3)17)9-8-12-16-10-6-5-7-11-16/h1,5-7,10-12H2,2-4H3. The molecule has 18 heavy (non-hydrogen) atoms. The molecule has 0 radical (unpaired) electrons. The number of piperidine rings is 1. The number of carbonyl (C=O) groups is 1. The van der Waals surface area contributed by atoms with Gasteiger partial charge in [-0.2, -0.15) is 0 Å². The van der Waals surface area contributed by atoms with Crippen LogP contribution in [0.25, 0.3) is 0 Å². The van der Waals surface area contributed by atoms with Gasteiger partial charge in [-0.3, -0.25) is 9.69 Å². The topological polar surface area (TPSA) is 29.5 Å². The SMILES string of the molecule is C=C(C)C(C)(C#CCN1CCCCC1)OC(C)=O. The molecule has 1 fully saturated rings. The van der Waals surface area contributed by atoms with E-state index >= 15 is 0 Å². The maximum Gasteiger partial charge on any atom is 0.304 e. The molecule has 0 aromatic heterocycles. The zero-order valence-electron chi connectivity index (χ0n) is 11.7. The Kier molecular flexibility index (Phi) is 5.43. The zero-order valence-corrected chi connectivity index (χ0v) is 11.7. The van der Waals surface area contributed by atoms with Crippen molar-refractivity contribution in [2.45, 2.75) is 45.6 Å². The number of likely N-dealkylation sites (tertiary alicyclic amines) is 1. The second-order valence-corrected chi connectivity index (χ2v) is 5.05. The molecule has 100 valence electrons. The lowest BCUT2D eigenvalue weighted by Gasteiger charge is -2.25. The van der Waals surface area contributed by atoms with Gasteiger partial charge in [-0.05, 0) is 51.3 Å². The van der Waals surface area contributed by atoms with Crippen LogP contribution >= 0.6 is 0 Å². The number of ether oxygens (including phenoxy) is 1. The first-order valence-corrected chi connectivity index (χ1v) is 6.52. The second-order valence-electron chi connectivity index (χ2n) is 5.05. The van der Waals surface area contributed by atoms with Crippen LogP contribution in [0.15, 0.2) is 12.2 Å². The van der Waals surface area contributed by atoms with E-state index in [1.165, 1.54) is 26.2 Å². The Balaban J connectivity index is 2.60. The highest BCUT2D eigenvalue weighted by Crippen LogP contribution is 2.18. The molecule has 1 saturated heterocycles. The number of nitrogens with zero attached hydrogens (tertiary/aromatic N) is 1. The Morgan fingerprint density at radius 1 is 1.33 bits per heavy atom. The molecular weight excluding hydrogens is 226 g/mol. The summed E-state index contributed by atoms with van der Waals surface area (Å²) in [7, 11) is 0. The van der Waals surface area contributed by atoms with E-state index in [0.717, 1.165) is 25.2 Å². The minimum absolute atomic E-state index is 0.326. The third-order valence-corrected chi connectivity index (χ3v) is 3.24. The van der Waals surface area contributed by atoms with E-state index in [1.807, 2.05) is 6.92 Å². The summed E-state index contributed by atoms with van der Waals surface area (Å²) < 4.78 is 5.26. The molecule has 0 aromatic rings. The van der Waals surface area contributed by atoms with Gasteiger partial charge in [0.1, 0.15) is 0 Å². The van der Waals surface area contributed by atoms with Gasteiger partial charge in [0.25, 0.3) is 0 Å². The molecule has 1 aliphatic rings. The van der Waals surface area contributed by atoms with Crippen molar-refractivity contribution in [2.24, 2.45) is 0 Å². The molecule has 0 aliphatic carbocycles. The van der Waals surface area contributed by atoms with Crippen molar-refractivity contribution in [2.75, 3.05) is 19.6 Å². The van der Waals surface area contributed by atoms with E-state index in [9.17, 15) is 4.79 Å². The van der Waals surface area contributed by atoms with Gasteiger partial charge in [-0.15, -0.1) is 0 Å². The quantitative estimate of drug-likeness (QED) is 0.437. The summed E-state index contributed by atoms with van der Waals surface area (Å²) in [6.45, 7) is 11.8. The zero-order chi connectivity index (χ0) is 13.6. The van der Waals surface area contributed by atoms with Gasteiger partial charge >= 0.3 is 5.97 Å². The second kappa shape index (κ2) is 6.61. The number of esters is 1. The van der Waals surface area contributed by atoms with Crippen LogP contribution in [0.4, 0.5) is 0 Å². The third kappa shape index (κ3) is 4.54. The fourth-order valence-corrected chi connectivity index (χ4v) is 1.94.